The maximum atomic E-state index is 13.1. The first-order chi connectivity index (χ1) is 20.0. The van der Waals surface area contributed by atoms with E-state index in [4.69, 9.17) is 14.2 Å². The van der Waals surface area contributed by atoms with E-state index in [1.807, 2.05) is 0 Å². The number of benzene rings is 4. The lowest BCUT2D eigenvalue weighted by atomic mass is 10.1. The molecule has 204 valence electrons. The average Bonchev–Trinajstić information content (AvgIpc) is 3.46. The van der Waals surface area contributed by atoms with Crippen molar-refractivity contribution in [2.24, 2.45) is 5.10 Å². The molecule has 1 aliphatic heterocycles. The zero-order valence-electron chi connectivity index (χ0n) is 21.4. The maximum Gasteiger partial charge on any atom is 0.344 e. The predicted octanol–water partition coefficient (Wildman–Crippen LogP) is 5.32. The summed E-state index contributed by atoms with van der Waals surface area (Å²) in [5.41, 5.74) is 4.34. The normalized spacial score (nSPS) is 12.2. The average molecular weight is 612 g/mol. The van der Waals surface area contributed by atoms with Crippen LogP contribution in [0.3, 0.4) is 0 Å². The summed E-state index contributed by atoms with van der Waals surface area (Å²) in [6.07, 6.45) is 2.90. The van der Waals surface area contributed by atoms with E-state index in [0.717, 1.165) is 0 Å². The molecule has 0 unspecified atom stereocenters. The number of fused-ring (bicyclic) bond motifs is 1. The molecule has 0 fully saturated rings. The number of hydrogen-bond acceptors (Lipinski definition) is 7. The topological polar surface area (TPSA) is 115 Å². The van der Waals surface area contributed by atoms with E-state index in [0.29, 0.717) is 44.0 Å². The molecule has 0 saturated heterocycles. The van der Waals surface area contributed by atoms with E-state index < -0.39 is 17.8 Å². The second kappa shape index (κ2) is 12.8. The number of carbonyl (C=O) groups is 3. The summed E-state index contributed by atoms with van der Waals surface area (Å²) in [5, 5.41) is 6.68. The van der Waals surface area contributed by atoms with Gasteiger partial charge in [0.2, 0.25) is 6.79 Å². The Morgan fingerprint density at radius 1 is 0.829 bits per heavy atom. The molecule has 4 aromatic rings. The van der Waals surface area contributed by atoms with Crippen molar-refractivity contribution < 1.29 is 28.6 Å². The molecule has 2 N–H and O–H groups in total. The molecule has 9 nitrogen and oxygen atoms in total. The quantitative estimate of drug-likeness (QED) is 0.0916. The fraction of sp³-hybridized carbons (Fsp3) is 0.0323. The fourth-order valence-corrected chi connectivity index (χ4v) is 4.23. The molecule has 1 heterocycles. The maximum absolute atomic E-state index is 13.1. The molecule has 5 rings (SSSR count). The molecule has 10 heteroatoms. The highest BCUT2D eigenvalue weighted by atomic mass is 79.9. The lowest BCUT2D eigenvalue weighted by Gasteiger charge is -2.09. The van der Waals surface area contributed by atoms with Gasteiger partial charge in [-0.2, -0.15) is 5.10 Å². The zero-order valence-corrected chi connectivity index (χ0v) is 23.0. The highest BCUT2D eigenvalue weighted by Crippen LogP contribution is 2.33. The van der Waals surface area contributed by atoms with Crippen LogP contribution in [0.25, 0.3) is 6.08 Å². The number of rotatable bonds is 8. The van der Waals surface area contributed by atoms with E-state index in [1.54, 1.807) is 97.1 Å². The highest BCUT2D eigenvalue weighted by Gasteiger charge is 2.17. The monoisotopic (exact) mass is 611 g/mol. The van der Waals surface area contributed by atoms with E-state index in [9.17, 15) is 14.4 Å². The number of carbonyl (C=O) groups excluding carboxylic acids is 3. The molecule has 41 heavy (non-hydrogen) atoms. The van der Waals surface area contributed by atoms with Crippen molar-refractivity contribution in [3.05, 3.63) is 129 Å². The van der Waals surface area contributed by atoms with Crippen molar-refractivity contribution in [2.45, 2.75) is 0 Å². The van der Waals surface area contributed by atoms with Crippen molar-refractivity contribution >= 4 is 46.0 Å². The Kier molecular flexibility index (Phi) is 8.51. The van der Waals surface area contributed by atoms with Gasteiger partial charge in [-0.3, -0.25) is 9.59 Å². The van der Waals surface area contributed by atoms with Gasteiger partial charge >= 0.3 is 5.97 Å². The Morgan fingerprint density at radius 3 is 2.44 bits per heavy atom. The molecule has 0 aliphatic carbocycles. The SMILES string of the molecule is O=C(NN=Cc1cccc(OC(=O)c2ccccc2Br)c1)C(=Cc1ccc2c(c1)OCO2)NC(=O)c1ccccc1. The number of halogens is 1. The molecule has 4 aromatic carbocycles. The first-order valence-corrected chi connectivity index (χ1v) is 13.1. The summed E-state index contributed by atoms with van der Waals surface area (Å²) in [6, 6.07) is 27.3. The van der Waals surface area contributed by atoms with E-state index in [2.05, 4.69) is 31.8 Å². The minimum atomic E-state index is -0.653. The first kappa shape index (κ1) is 27.4. The van der Waals surface area contributed by atoms with E-state index in [-0.39, 0.29) is 12.5 Å². The Labute approximate surface area is 243 Å². The van der Waals surface area contributed by atoms with Gasteiger partial charge in [-0.1, -0.05) is 48.5 Å². The molecule has 1 aliphatic rings. The molecule has 2 amide bonds. The molecular formula is C31H22BrN3O6. The van der Waals surface area contributed by atoms with Crippen LogP contribution >= 0.6 is 15.9 Å². The number of nitrogens with zero attached hydrogens (tertiary/aromatic N) is 1. The Bertz CT molecular complexity index is 1670. The lowest BCUT2D eigenvalue weighted by molar-refractivity contribution is -0.117. The van der Waals surface area contributed by atoms with E-state index in [1.165, 1.54) is 12.3 Å². The van der Waals surface area contributed by atoms with Gasteiger partial charge in [0.1, 0.15) is 11.4 Å². The first-order valence-electron chi connectivity index (χ1n) is 12.3. The molecule has 0 radical (unpaired) electrons. The molecule has 0 bridgehead atoms. The highest BCUT2D eigenvalue weighted by molar-refractivity contribution is 9.10. The number of nitrogens with one attached hydrogen (secondary N) is 2. The van der Waals surface area contributed by atoms with Gasteiger partial charge < -0.3 is 19.5 Å². The van der Waals surface area contributed by atoms with Crippen LogP contribution in [0.4, 0.5) is 0 Å². The van der Waals surface area contributed by atoms with Crippen LogP contribution < -0.4 is 25.0 Å². The standard InChI is InChI=1S/C31H22BrN3O6/c32-25-12-5-4-11-24(25)31(38)41-23-10-6-7-21(15-23)18-33-35-30(37)26(34-29(36)22-8-2-1-3-9-22)16-20-13-14-27-28(17-20)40-19-39-27/h1-18H,19H2,(H,34,36)(H,35,37). The minimum Gasteiger partial charge on any atom is -0.454 e. The number of ether oxygens (including phenoxy) is 3. The van der Waals surface area contributed by atoms with Crippen molar-refractivity contribution in [1.82, 2.24) is 10.7 Å². The fourth-order valence-electron chi connectivity index (χ4n) is 3.78. The summed E-state index contributed by atoms with van der Waals surface area (Å²) in [5.74, 6) is -0.204. The second-order valence-electron chi connectivity index (χ2n) is 8.63. The molecule has 0 atom stereocenters. The van der Waals surface area contributed by atoms with E-state index >= 15 is 0 Å². The van der Waals surface area contributed by atoms with Crippen molar-refractivity contribution in [3.63, 3.8) is 0 Å². The van der Waals surface area contributed by atoms with Crippen LogP contribution in [-0.4, -0.2) is 30.8 Å². The summed E-state index contributed by atoms with van der Waals surface area (Å²) >= 11 is 3.34. The van der Waals surface area contributed by atoms with Crippen molar-refractivity contribution in [2.75, 3.05) is 6.79 Å². The van der Waals surface area contributed by atoms with Gasteiger partial charge in [0, 0.05) is 10.0 Å². The number of hydrazone groups is 1. The van der Waals surface area contributed by atoms with Crippen LogP contribution in [-0.2, 0) is 4.79 Å². The summed E-state index contributed by atoms with van der Waals surface area (Å²) in [4.78, 5) is 38.5. The third kappa shape index (κ3) is 7.06. The van der Waals surface area contributed by atoms with Crippen molar-refractivity contribution in [1.29, 1.82) is 0 Å². The van der Waals surface area contributed by atoms with Crippen LogP contribution in [0.5, 0.6) is 17.2 Å². The molecule has 0 saturated carbocycles. The number of amides is 2. The Morgan fingerprint density at radius 2 is 1.61 bits per heavy atom. The molecule has 0 spiro atoms. The minimum absolute atomic E-state index is 0.0361. The third-order valence-electron chi connectivity index (χ3n) is 5.78. The second-order valence-corrected chi connectivity index (χ2v) is 9.49. The van der Waals surface area contributed by atoms with Crippen LogP contribution in [0.15, 0.2) is 112 Å². The smallest absolute Gasteiger partial charge is 0.344 e. The molecule has 0 aromatic heterocycles. The van der Waals surface area contributed by atoms with Gasteiger partial charge in [-0.15, -0.1) is 0 Å². The zero-order chi connectivity index (χ0) is 28.6. The lowest BCUT2D eigenvalue weighted by Crippen LogP contribution is -2.32. The van der Waals surface area contributed by atoms with Gasteiger partial charge in [-0.25, -0.2) is 10.2 Å². The Balaban J connectivity index is 1.30. The predicted molar refractivity (Wildman–Crippen MR) is 156 cm³/mol. The van der Waals surface area contributed by atoms with Gasteiger partial charge in [-0.05, 0) is 81.7 Å². The summed E-state index contributed by atoms with van der Waals surface area (Å²) < 4.78 is 16.9. The van der Waals surface area contributed by atoms with Crippen molar-refractivity contribution in [3.8, 4) is 17.2 Å². The Hall–Kier alpha value is -5.22. The van der Waals surface area contributed by atoms with Crippen LogP contribution in [0, 0.1) is 0 Å². The summed E-state index contributed by atoms with van der Waals surface area (Å²) in [6.45, 7) is 0.111. The summed E-state index contributed by atoms with van der Waals surface area (Å²) in [7, 11) is 0. The number of hydrogen-bond donors (Lipinski definition) is 2. The van der Waals surface area contributed by atoms with Crippen LogP contribution in [0.2, 0.25) is 0 Å². The third-order valence-corrected chi connectivity index (χ3v) is 6.47. The number of esters is 1. The van der Waals surface area contributed by atoms with Gasteiger partial charge in [0.15, 0.2) is 11.5 Å². The molecular weight excluding hydrogens is 590 g/mol. The van der Waals surface area contributed by atoms with Gasteiger partial charge in [0.05, 0.1) is 11.8 Å². The van der Waals surface area contributed by atoms with Crippen LogP contribution in [0.1, 0.15) is 31.8 Å². The van der Waals surface area contributed by atoms with Gasteiger partial charge in [0.25, 0.3) is 11.8 Å². The largest absolute Gasteiger partial charge is 0.454 e.